The van der Waals surface area contributed by atoms with Gasteiger partial charge in [0.2, 0.25) is 0 Å². The Hall–Kier alpha value is -3.47. The lowest BCUT2D eigenvalue weighted by Gasteiger charge is -2.31. The first-order chi connectivity index (χ1) is 15.7. The highest BCUT2D eigenvalue weighted by atomic mass is 31.0. The monoisotopic (exact) mass is 443 g/mol. The first-order valence-corrected chi connectivity index (χ1v) is 11.4. The number of non-ortho nitro benzene ring substituents is 1. The second kappa shape index (κ2) is 8.95. The first-order valence-electron chi connectivity index (χ1n) is 10.5. The van der Waals surface area contributed by atoms with Gasteiger partial charge in [0.05, 0.1) is 28.9 Å². The van der Waals surface area contributed by atoms with Crippen molar-refractivity contribution in [3.05, 3.63) is 95.0 Å². The van der Waals surface area contributed by atoms with Crippen molar-refractivity contribution in [1.82, 2.24) is 4.57 Å². The van der Waals surface area contributed by atoms with Crippen LogP contribution in [0.15, 0.2) is 84.9 Å². The van der Waals surface area contributed by atoms with Crippen molar-refractivity contribution in [2.45, 2.75) is 0 Å². The van der Waals surface area contributed by atoms with Gasteiger partial charge in [-0.3, -0.25) is 14.7 Å². The number of anilines is 1. The number of aromatic nitrogens is 1. The van der Waals surface area contributed by atoms with Gasteiger partial charge in [-0.05, 0) is 38.0 Å². The van der Waals surface area contributed by atoms with E-state index in [0.717, 1.165) is 43.8 Å². The largest absolute Gasteiger partial charge is 0.378 e. The Balaban J connectivity index is 1.77. The van der Waals surface area contributed by atoms with Gasteiger partial charge < -0.3 is 9.64 Å². The molecule has 4 aromatic rings. The molecule has 0 unspecified atom stereocenters. The normalized spacial score (nSPS) is 14.1. The lowest BCUT2D eigenvalue weighted by atomic mass is 10.1. The van der Waals surface area contributed by atoms with E-state index < -0.39 is 0 Å². The van der Waals surface area contributed by atoms with Gasteiger partial charge in [-0.25, -0.2) is 0 Å². The molecule has 0 N–H and O–H groups in total. The van der Waals surface area contributed by atoms with Gasteiger partial charge in [0.15, 0.2) is 0 Å². The van der Waals surface area contributed by atoms with E-state index in [9.17, 15) is 10.1 Å². The third kappa shape index (κ3) is 3.91. The number of morpholine rings is 1. The van der Waals surface area contributed by atoms with E-state index in [1.807, 2.05) is 36.4 Å². The van der Waals surface area contributed by atoms with Crippen LogP contribution in [0.5, 0.6) is 0 Å². The molecule has 6 nitrogen and oxygen atoms in total. The molecule has 160 valence electrons. The minimum absolute atomic E-state index is 0.0971. The zero-order valence-electron chi connectivity index (χ0n) is 17.4. The fraction of sp³-hybridized carbons (Fsp3) is 0.160. The van der Waals surface area contributed by atoms with Crippen molar-refractivity contribution in [3.63, 3.8) is 0 Å². The Bertz CT molecular complexity index is 1220. The Morgan fingerprint density at radius 1 is 0.812 bits per heavy atom. The Morgan fingerprint density at radius 2 is 1.44 bits per heavy atom. The fourth-order valence-corrected chi connectivity index (χ4v) is 5.44. The second-order valence-corrected chi connectivity index (χ2v) is 8.64. The highest BCUT2D eigenvalue weighted by molar-refractivity contribution is 7.38. The maximum atomic E-state index is 11.2. The van der Waals surface area contributed by atoms with E-state index in [1.54, 1.807) is 12.1 Å². The number of nitro groups is 1. The molecule has 7 heteroatoms. The van der Waals surface area contributed by atoms with Gasteiger partial charge in [-0.2, -0.15) is 0 Å². The maximum absolute atomic E-state index is 11.2. The lowest BCUT2D eigenvalue weighted by molar-refractivity contribution is -0.384. The number of rotatable bonds is 5. The van der Waals surface area contributed by atoms with Gasteiger partial charge in [0.1, 0.15) is 5.82 Å². The molecule has 0 saturated carbocycles. The van der Waals surface area contributed by atoms with Crippen LogP contribution in [-0.4, -0.2) is 35.8 Å². The molecule has 1 fully saturated rings. The van der Waals surface area contributed by atoms with Crippen molar-refractivity contribution in [3.8, 4) is 27.5 Å². The van der Waals surface area contributed by atoms with E-state index >= 15 is 0 Å². The summed E-state index contributed by atoms with van der Waals surface area (Å²) < 4.78 is 7.93. The summed E-state index contributed by atoms with van der Waals surface area (Å²) in [7, 11) is 1.06. The molecule has 5 rings (SSSR count). The molecule has 1 aliphatic heterocycles. The van der Waals surface area contributed by atoms with Gasteiger partial charge in [0, 0.05) is 36.5 Å². The maximum Gasteiger partial charge on any atom is 0.269 e. The number of para-hydroxylation sites is 1. The van der Waals surface area contributed by atoms with Crippen LogP contribution in [0.1, 0.15) is 0 Å². The molecule has 3 aromatic carbocycles. The van der Waals surface area contributed by atoms with Crippen molar-refractivity contribution in [1.29, 1.82) is 0 Å². The summed E-state index contributed by atoms with van der Waals surface area (Å²) >= 11 is 0. The van der Waals surface area contributed by atoms with E-state index in [2.05, 4.69) is 45.9 Å². The van der Waals surface area contributed by atoms with Gasteiger partial charge in [-0.15, -0.1) is 0 Å². The molecule has 0 aliphatic carbocycles. The quantitative estimate of drug-likeness (QED) is 0.275. The third-order valence-electron chi connectivity index (χ3n) is 5.56. The van der Waals surface area contributed by atoms with E-state index in [4.69, 9.17) is 4.74 Å². The number of nitro benzene ring substituents is 1. The molecular formula is C25H22N3O3P. The number of nitrogens with zero attached hydrogens (tertiary/aromatic N) is 3. The van der Waals surface area contributed by atoms with Crippen LogP contribution in [0.2, 0.25) is 0 Å². The van der Waals surface area contributed by atoms with Gasteiger partial charge in [-0.1, -0.05) is 48.5 Å². The topological polar surface area (TPSA) is 60.5 Å². The molecule has 1 saturated heterocycles. The van der Waals surface area contributed by atoms with Crippen LogP contribution in [-0.2, 0) is 4.74 Å². The molecule has 0 atom stereocenters. The highest BCUT2D eigenvalue weighted by Crippen LogP contribution is 2.48. The first kappa shape index (κ1) is 20.4. The smallest absolute Gasteiger partial charge is 0.269 e. The number of ether oxygens (including phenoxy) is 1. The number of benzene rings is 3. The molecule has 0 amide bonds. The predicted octanol–water partition coefficient (Wildman–Crippen LogP) is 6.14. The third-order valence-corrected chi connectivity index (χ3v) is 6.91. The minimum atomic E-state index is -0.359. The SMILES string of the molecule is O=[N+]([O-])c1ccc(-c2pc(-c3ccccc3)c(N3CCOCC3)n2-c2ccccc2)cc1. The summed E-state index contributed by atoms with van der Waals surface area (Å²) in [5, 5.41) is 12.4. The molecule has 32 heavy (non-hydrogen) atoms. The fourth-order valence-electron chi connectivity index (χ4n) is 4.02. The van der Waals surface area contributed by atoms with Crippen LogP contribution in [0.3, 0.4) is 0 Å². The zero-order valence-corrected chi connectivity index (χ0v) is 18.3. The predicted molar refractivity (Wildman–Crippen MR) is 129 cm³/mol. The highest BCUT2D eigenvalue weighted by Gasteiger charge is 2.25. The number of hydrogen-bond acceptors (Lipinski definition) is 4. The van der Waals surface area contributed by atoms with Crippen LogP contribution in [0, 0.1) is 10.1 Å². The summed E-state index contributed by atoms with van der Waals surface area (Å²) in [6.07, 6.45) is 0. The van der Waals surface area contributed by atoms with Crippen molar-refractivity contribution in [2.24, 2.45) is 0 Å². The zero-order chi connectivity index (χ0) is 21.9. The number of hydrogen-bond donors (Lipinski definition) is 0. The molecule has 0 radical (unpaired) electrons. The summed E-state index contributed by atoms with van der Waals surface area (Å²) in [6.45, 7) is 3.02. The summed E-state index contributed by atoms with van der Waals surface area (Å²) in [6, 6.07) is 27.6. The van der Waals surface area contributed by atoms with Crippen LogP contribution in [0.25, 0.3) is 27.5 Å². The van der Waals surface area contributed by atoms with Crippen molar-refractivity contribution in [2.75, 3.05) is 31.2 Å². The molecule has 1 aromatic heterocycles. The van der Waals surface area contributed by atoms with Crippen LogP contribution >= 0.6 is 8.19 Å². The molecule has 1 aliphatic rings. The standard InChI is InChI=1S/C25H22N3O3P/c29-28(30)22-13-11-20(12-14-22)25-27(21-9-5-2-6-10-21)24(26-15-17-31-18-16-26)23(32-25)19-7-3-1-4-8-19/h1-14H,15-18H2. The average Bonchev–Trinajstić information content (AvgIpc) is 3.26. The van der Waals surface area contributed by atoms with Gasteiger partial charge in [0.25, 0.3) is 5.69 Å². The lowest BCUT2D eigenvalue weighted by Crippen LogP contribution is -2.37. The second-order valence-electron chi connectivity index (χ2n) is 7.55. The Kier molecular flexibility index (Phi) is 5.71. The summed E-state index contributed by atoms with van der Waals surface area (Å²) in [5.41, 5.74) is 4.40. The van der Waals surface area contributed by atoms with Gasteiger partial charge >= 0.3 is 0 Å². The van der Waals surface area contributed by atoms with E-state index in [0.29, 0.717) is 13.2 Å². The Morgan fingerprint density at radius 3 is 2.06 bits per heavy atom. The van der Waals surface area contributed by atoms with Crippen molar-refractivity contribution < 1.29 is 9.66 Å². The summed E-state index contributed by atoms with van der Waals surface area (Å²) in [5.74, 6) is 1.15. The Labute approximate surface area is 187 Å². The molecule has 0 spiro atoms. The van der Waals surface area contributed by atoms with Crippen LogP contribution < -0.4 is 4.90 Å². The summed E-state index contributed by atoms with van der Waals surface area (Å²) in [4.78, 5) is 13.2. The van der Waals surface area contributed by atoms with E-state index in [1.165, 1.54) is 10.9 Å². The molecule has 2 heterocycles. The minimum Gasteiger partial charge on any atom is -0.378 e. The molecule has 0 bridgehead atoms. The molecular weight excluding hydrogens is 421 g/mol. The van der Waals surface area contributed by atoms with Crippen LogP contribution in [0.4, 0.5) is 11.5 Å². The average molecular weight is 443 g/mol. The van der Waals surface area contributed by atoms with Crippen molar-refractivity contribution >= 4 is 19.7 Å². The van der Waals surface area contributed by atoms with E-state index in [-0.39, 0.29) is 10.6 Å².